The molecule has 0 aromatic rings. The largest absolute Gasteiger partial charge is 0.549 e. The Morgan fingerprint density at radius 1 is 0.864 bits per heavy atom. The molecule has 0 unspecified atom stereocenters. The van der Waals surface area contributed by atoms with Gasteiger partial charge in [-0.05, 0) is 0 Å². The van der Waals surface area contributed by atoms with Gasteiger partial charge in [0.1, 0.15) is 0 Å². The normalized spacial score (nSPS) is 7.73. The molecule has 0 spiro atoms. The van der Waals surface area contributed by atoms with E-state index in [9.17, 15) is 34.5 Å². The van der Waals surface area contributed by atoms with E-state index in [-0.39, 0.29) is 23.2 Å². The Balaban J connectivity index is -0.0000000995. The van der Waals surface area contributed by atoms with Gasteiger partial charge in [0.2, 0.25) is 0 Å². The molecule has 0 saturated heterocycles. The SMILES string of the molecule is COC(=O)C[CH2][Sn+3].O=C([O-])CS.O=C([O-])CS.O=C([O-])CS. The van der Waals surface area contributed by atoms with Gasteiger partial charge >= 0.3 is 56.0 Å². The van der Waals surface area contributed by atoms with E-state index in [2.05, 4.69) is 42.6 Å². The molecule has 0 bridgehead atoms. The maximum absolute atomic E-state index is 10.2. The number of ether oxygens (including phenoxy) is 1. The van der Waals surface area contributed by atoms with Crippen molar-refractivity contribution in [1.29, 1.82) is 0 Å². The number of hydrogen-bond acceptors (Lipinski definition) is 11. The van der Waals surface area contributed by atoms with Crippen LogP contribution in [0.1, 0.15) is 6.42 Å². The van der Waals surface area contributed by atoms with Crippen molar-refractivity contribution in [2.45, 2.75) is 10.9 Å². The third-order valence-corrected chi connectivity index (χ3v) is 2.43. The van der Waals surface area contributed by atoms with Crippen molar-refractivity contribution in [3.63, 3.8) is 0 Å². The number of esters is 1. The van der Waals surface area contributed by atoms with Gasteiger partial charge in [-0.2, -0.15) is 37.9 Å². The summed E-state index contributed by atoms with van der Waals surface area (Å²) in [6.07, 6.45) is 0.578. The van der Waals surface area contributed by atoms with Crippen LogP contribution in [0.15, 0.2) is 0 Å². The van der Waals surface area contributed by atoms with E-state index in [4.69, 9.17) is 0 Å². The smallest absolute Gasteiger partial charge is 0.0510 e. The minimum atomic E-state index is -1.13. The summed E-state index contributed by atoms with van der Waals surface area (Å²) in [5.41, 5.74) is 0. The Labute approximate surface area is 158 Å². The van der Waals surface area contributed by atoms with Crippen molar-refractivity contribution in [2.24, 2.45) is 0 Å². The number of thiol groups is 3. The van der Waals surface area contributed by atoms with Crippen LogP contribution in [0.3, 0.4) is 0 Å². The van der Waals surface area contributed by atoms with Crippen molar-refractivity contribution in [3.05, 3.63) is 0 Å². The van der Waals surface area contributed by atoms with Crippen LogP contribution >= 0.6 is 37.9 Å². The van der Waals surface area contributed by atoms with E-state index in [0.29, 0.717) is 6.42 Å². The van der Waals surface area contributed by atoms with Crippen LogP contribution < -0.4 is 15.3 Å². The molecule has 0 saturated carbocycles. The number of aliphatic carboxylic acids is 3. The molecule has 8 nitrogen and oxygen atoms in total. The van der Waals surface area contributed by atoms with Gasteiger partial charge in [-0.25, -0.2) is 0 Å². The van der Waals surface area contributed by atoms with E-state index in [1.807, 2.05) is 0 Å². The second-order valence-corrected chi connectivity index (χ2v) is 5.04. The first-order valence-electron chi connectivity index (χ1n) is 5.26. The summed E-state index contributed by atoms with van der Waals surface area (Å²) in [7, 11) is 1.41. The molecule has 0 rings (SSSR count). The molecule has 0 fully saturated rings. The molecule has 22 heavy (non-hydrogen) atoms. The molecular formula is C10H16O8S3Sn. The van der Waals surface area contributed by atoms with Gasteiger partial charge < -0.3 is 29.7 Å². The Morgan fingerprint density at radius 3 is 1.14 bits per heavy atom. The summed E-state index contributed by atoms with van der Waals surface area (Å²) >= 11 is 11.5. The summed E-state index contributed by atoms with van der Waals surface area (Å²) < 4.78 is 5.32. The van der Waals surface area contributed by atoms with Crippen molar-refractivity contribution in [1.82, 2.24) is 0 Å². The van der Waals surface area contributed by atoms with Crippen molar-refractivity contribution in [3.8, 4) is 0 Å². The first-order chi connectivity index (χ1) is 10.1. The molecule has 126 valence electrons. The van der Waals surface area contributed by atoms with Gasteiger partial charge in [0.25, 0.3) is 0 Å². The second kappa shape index (κ2) is 25.7. The maximum Gasteiger partial charge on any atom is 0.0510 e. The molecule has 0 aromatic heterocycles. The summed E-state index contributed by atoms with van der Waals surface area (Å²) in [6, 6.07) is 0. The Hall–Kier alpha value is -0.271. The molecule has 0 amide bonds. The number of carboxylic acid groups (broad SMARTS) is 3. The molecule has 12 heteroatoms. The van der Waals surface area contributed by atoms with Gasteiger partial charge in [-0.15, -0.1) is 0 Å². The molecule has 0 aromatic carbocycles. The third kappa shape index (κ3) is 60.1. The van der Waals surface area contributed by atoms with E-state index >= 15 is 0 Å². The first kappa shape index (κ1) is 29.7. The predicted molar refractivity (Wildman–Crippen MR) is 83.8 cm³/mol. The van der Waals surface area contributed by atoms with Gasteiger partial charge in [-0.1, -0.05) is 0 Å². The standard InChI is InChI=1S/C4H7O2.3C2H4O2S.Sn/c1-3-4(5)6-2;3*3-2(4)1-5;/h1,3H2,2H3;3*5H,1H2,(H,3,4);/q;;;;+3/p-3. The van der Waals surface area contributed by atoms with E-state index < -0.39 is 17.9 Å². The number of rotatable bonds is 5. The molecule has 0 aliphatic heterocycles. The van der Waals surface area contributed by atoms with E-state index in [1.165, 1.54) is 29.6 Å². The quantitative estimate of drug-likeness (QED) is 0.206. The molecule has 0 atom stereocenters. The van der Waals surface area contributed by atoms with Crippen LogP contribution in [-0.4, -0.2) is 70.8 Å². The van der Waals surface area contributed by atoms with Crippen LogP contribution in [0.25, 0.3) is 0 Å². The topological polar surface area (TPSA) is 147 Å². The fourth-order valence-corrected chi connectivity index (χ4v) is 0.787. The second-order valence-electron chi connectivity index (χ2n) is 2.67. The Morgan fingerprint density at radius 2 is 1.09 bits per heavy atom. The zero-order chi connectivity index (χ0) is 18.6. The fourth-order valence-electron chi connectivity index (χ4n) is 0.204. The van der Waals surface area contributed by atoms with Gasteiger partial charge in [-0.3, -0.25) is 0 Å². The summed E-state index contributed by atoms with van der Waals surface area (Å²) in [4.78, 5) is 37.7. The monoisotopic (exact) mass is 480 g/mol. The molecular weight excluding hydrogens is 463 g/mol. The number of carbonyl (C=O) groups excluding carboxylic acids is 4. The van der Waals surface area contributed by atoms with Crippen LogP contribution in [0.2, 0.25) is 4.44 Å². The zero-order valence-corrected chi connectivity index (χ0v) is 17.2. The van der Waals surface area contributed by atoms with Gasteiger partial charge in [0.05, 0.1) is 17.9 Å². The van der Waals surface area contributed by atoms with Crippen LogP contribution in [0.5, 0.6) is 0 Å². The summed E-state index contributed by atoms with van der Waals surface area (Å²) in [5, 5.41) is 27.5. The average molecular weight is 479 g/mol. The van der Waals surface area contributed by atoms with E-state index in [1.54, 1.807) is 0 Å². The molecule has 0 aliphatic rings. The summed E-state index contributed by atoms with van der Waals surface area (Å²) in [6.45, 7) is 0. The van der Waals surface area contributed by atoms with Gasteiger partial charge in [0.15, 0.2) is 0 Å². The zero-order valence-electron chi connectivity index (χ0n) is 11.6. The Kier molecular flexibility index (Phi) is 34.7. The van der Waals surface area contributed by atoms with Crippen molar-refractivity contribution >= 4 is 84.3 Å². The van der Waals surface area contributed by atoms with E-state index in [0.717, 1.165) is 4.44 Å². The Bertz CT molecular complexity index is 281. The number of carbonyl (C=O) groups is 4. The number of carboxylic acids is 3. The average Bonchev–Trinajstić information content (AvgIpc) is 2.49. The minimum Gasteiger partial charge on any atom is -0.549 e. The van der Waals surface area contributed by atoms with Crippen LogP contribution in [-0.2, 0) is 23.9 Å². The van der Waals surface area contributed by atoms with Crippen LogP contribution in [0.4, 0.5) is 0 Å². The molecule has 0 radical (unpaired) electrons. The predicted octanol–water partition coefficient (Wildman–Crippen LogP) is -3.87. The maximum atomic E-state index is 10.2. The number of hydrogen-bond donors (Lipinski definition) is 3. The first-order valence-corrected chi connectivity index (χ1v) is 9.17. The molecule has 0 heterocycles. The third-order valence-electron chi connectivity index (χ3n) is 0.944. The van der Waals surface area contributed by atoms with Crippen LogP contribution in [0, 0.1) is 0 Å². The minimum absolute atomic E-state index is 0.100. The van der Waals surface area contributed by atoms with Gasteiger partial charge in [0, 0.05) is 17.3 Å². The van der Waals surface area contributed by atoms with Crippen molar-refractivity contribution in [2.75, 3.05) is 24.4 Å². The molecule has 0 N–H and O–H groups in total. The summed E-state index contributed by atoms with van der Waals surface area (Å²) in [5.74, 6) is -4.08. The van der Waals surface area contributed by atoms with Crippen molar-refractivity contribution < 1.29 is 39.2 Å². The number of methoxy groups -OCH3 is 1. The molecule has 0 aliphatic carbocycles. The fraction of sp³-hybridized carbons (Fsp3) is 0.600.